The largest absolute Gasteiger partial charge is 0.289 e. The molecule has 0 spiro atoms. The van der Waals surface area contributed by atoms with Gasteiger partial charge >= 0.3 is 0 Å². The van der Waals surface area contributed by atoms with Gasteiger partial charge in [-0.15, -0.1) is 0 Å². The van der Waals surface area contributed by atoms with E-state index in [2.05, 4.69) is 100 Å². The fourth-order valence-corrected chi connectivity index (χ4v) is 9.71. The number of benzene rings is 5. The summed E-state index contributed by atoms with van der Waals surface area (Å²) in [6, 6.07) is 37.6. The first-order chi connectivity index (χ1) is 24.7. The van der Waals surface area contributed by atoms with Crippen molar-refractivity contribution in [3.05, 3.63) is 143 Å². The van der Waals surface area contributed by atoms with Crippen LogP contribution in [0.25, 0.3) is 11.1 Å². The maximum Gasteiger partial charge on any atom is 0.195 e. The molecule has 4 heteroatoms. The van der Waals surface area contributed by atoms with Gasteiger partial charge in [0.25, 0.3) is 0 Å². The second-order valence-corrected chi connectivity index (χ2v) is 17.6. The van der Waals surface area contributed by atoms with Crippen molar-refractivity contribution in [2.24, 2.45) is 5.92 Å². The van der Waals surface area contributed by atoms with Crippen LogP contribution in [0.2, 0.25) is 0 Å². The molecule has 5 aromatic carbocycles. The molecular formula is C47H48O2S2. The minimum atomic E-state index is -0.0880. The molecule has 2 nitrogen and oxygen atoms in total. The first-order valence-corrected chi connectivity index (χ1v) is 20.3. The molecular weight excluding hydrogens is 661 g/mol. The summed E-state index contributed by atoms with van der Waals surface area (Å²) < 4.78 is 0. The monoisotopic (exact) mass is 708 g/mol. The second kappa shape index (κ2) is 15.4. The van der Waals surface area contributed by atoms with Crippen LogP contribution in [0.3, 0.4) is 0 Å². The number of ketones is 2. The lowest BCUT2D eigenvalue weighted by Crippen LogP contribution is -2.22. The van der Waals surface area contributed by atoms with E-state index in [1.54, 1.807) is 35.7 Å². The summed E-state index contributed by atoms with van der Waals surface area (Å²) in [6.07, 6.45) is 10.9. The topological polar surface area (TPSA) is 34.1 Å². The zero-order valence-corrected chi connectivity index (χ0v) is 32.0. The van der Waals surface area contributed by atoms with Gasteiger partial charge in [-0.1, -0.05) is 150 Å². The Hall–Kier alpha value is -3.86. The highest BCUT2D eigenvalue weighted by molar-refractivity contribution is 7.99. The Kier molecular flexibility index (Phi) is 10.7. The van der Waals surface area contributed by atoms with Gasteiger partial charge in [-0.05, 0) is 102 Å². The van der Waals surface area contributed by atoms with Crippen molar-refractivity contribution < 1.29 is 9.59 Å². The molecule has 2 aliphatic rings. The molecule has 0 radical (unpaired) electrons. The van der Waals surface area contributed by atoms with Crippen molar-refractivity contribution in [3.63, 3.8) is 0 Å². The van der Waals surface area contributed by atoms with Crippen LogP contribution in [-0.2, 0) is 5.41 Å². The van der Waals surface area contributed by atoms with Crippen LogP contribution in [0.5, 0.6) is 0 Å². The highest BCUT2D eigenvalue weighted by Gasteiger charge is 2.34. The highest BCUT2D eigenvalue weighted by atomic mass is 32.2. The maximum absolute atomic E-state index is 14.1. The third kappa shape index (κ3) is 7.83. The molecule has 0 amide bonds. The van der Waals surface area contributed by atoms with E-state index in [-0.39, 0.29) is 17.0 Å². The van der Waals surface area contributed by atoms with Gasteiger partial charge in [-0.3, -0.25) is 9.59 Å². The van der Waals surface area contributed by atoms with Gasteiger partial charge in [0.15, 0.2) is 11.6 Å². The quantitative estimate of drug-likeness (QED) is 0.133. The molecule has 1 fully saturated rings. The van der Waals surface area contributed by atoms with E-state index in [1.165, 1.54) is 73.6 Å². The number of carbonyl (C=O) groups is 2. The molecule has 0 N–H and O–H groups in total. The molecule has 51 heavy (non-hydrogen) atoms. The van der Waals surface area contributed by atoms with Gasteiger partial charge < -0.3 is 0 Å². The Morgan fingerprint density at radius 2 is 1.08 bits per heavy atom. The molecule has 7 rings (SSSR count). The molecule has 2 aliphatic carbocycles. The summed E-state index contributed by atoms with van der Waals surface area (Å²) in [5, 5.41) is 0. The van der Waals surface area contributed by atoms with Crippen molar-refractivity contribution >= 4 is 35.1 Å². The zero-order chi connectivity index (χ0) is 35.5. The fraction of sp³-hybridized carbons (Fsp3) is 0.319. The number of unbranched alkanes of at least 4 members (excludes halogenated alkanes) is 2. The van der Waals surface area contributed by atoms with E-state index in [0.29, 0.717) is 28.2 Å². The second-order valence-electron chi connectivity index (χ2n) is 15.4. The van der Waals surface area contributed by atoms with Crippen LogP contribution in [0.4, 0.5) is 0 Å². The lowest BCUT2D eigenvalue weighted by atomic mass is 9.77. The predicted octanol–water partition coefficient (Wildman–Crippen LogP) is 13.6. The summed E-state index contributed by atoms with van der Waals surface area (Å²) in [6.45, 7) is 8.89. The van der Waals surface area contributed by atoms with Gasteiger partial charge in [0.05, 0.1) is 0 Å². The van der Waals surface area contributed by atoms with E-state index >= 15 is 0 Å². The molecule has 0 unspecified atom stereocenters. The SMILES string of the molecule is CCCCCC1CCC(c2ccc(-c3ccc(Sc4cccc5c4C(=O)c4cccc(Sc6ccc(C(C)(C)C)cc6)c4C5=O)cc3)cc2)CC1. The molecule has 260 valence electrons. The van der Waals surface area contributed by atoms with Gasteiger partial charge in [-0.2, -0.15) is 0 Å². The Bertz CT molecular complexity index is 2010. The van der Waals surface area contributed by atoms with Crippen molar-refractivity contribution in [2.45, 2.75) is 110 Å². The summed E-state index contributed by atoms with van der Waals surface area (Å²) in [4.78, 5) is 31.9. The molecule has 0 heterocycles. The van der Waals surface area contributed by atoms with Gasteiger partial charge in [0.1, 0.15) is 0 Å². The Labute approximate surface area is 312 Å². The molecule has 0 saturated heterocycles. The number of hydrogen-bond acceptors (Lipinski definition) is 4. The zero-order valence-electron chi connectivity index (χ0n) is 30.3. The standard InChI is InChI=1S/C47H48O2S2/c1-5-6-7-10-31-15-17-32(18-16-31)33-19-21-34(22-20-33)35-23-27-37(28-24-35)50-41-13-8-11-39-43(41)45(48)40-12-9-14-42(44(40)46(39)49)51-38-29-25-36(26-30-38)47(2,3)4/h8-9,11-14,19-32H,5-7,10,15-18H2,1-4H3. The van der Waals surface area contributed by atoms with Crippen molar-refractivity contribution in [3.8, 4) is 11.1 Å². The average molecular weight is 709 g/mol. The van der Waals surface area contributed by atoms with Crippen LogP contribution in [0, 0.1) is 5.92 Å². The van der Waals surface area contributed by atoms with Gasteiger partial charge in [0.2, 0.25) is 0 Å². The van der Waals surface area contributed by atoms with Crippen molar-refractivity contribution in [1.29, 1.82) is 0 Å². The molecule has 0 bridgehead atoms. The molecule has 1 saturated carbocycles. The van der Waals surface area contributed by atoms with E-state index < -0.39 is 0 Å². The van der Waals surface area contributed by atoms with Gasteiger partial charge in [-0.25, -0.2) is 0 Å². The number of rotatable bonds is 10. The van der Waals surface area contributed by atoms with E-state index in [1.807, 2.05) is 24.3 Å². The summed E-state index contributed by atoms with van der Waals surface area (Å²) in [5.74, 6) is 1.44. The molecule has 0 aromatic heterocycles. The van der Waals surface area contributed by atoms with Crippen molar-refractivity contribution in [2.75, 3.05) is 0 Å². The summed E-state index contributed by atoms with van der Waals surface area (Å²) >= 11 is 3.09. The normalized spacial score (nSPS) is 17.3. The lowest BCUT2D eigenvalue weighted by molar-refractivity contribution is 0.0974. The smallest absolute Gasteiger partial charge is 0.195 e. The summed E-state index contributed by atoms with van der Waals surface area (Å²) in [7, 11) is 0. The van der Waals surface area contributed by atoms with E-state index in [0.717, 1.165) is 25.5 Å². The van der Waals surface area contributed by atoms with Crippen LogP contribution in [0.15, 0.2) is 129 Å². The maximum atomic E-state index is 14.1. The highest BCUT2D eigenvalue weighted by Crippen LogP contribution is 2.42. The molecule has 5 aromatic rings. The van der Waals surface area contributed by atoms with E-state index in [9.17, 15) is 9.59 Å². The fourth-order valence-electron chi connectivity index (χ4n) is 7.76. The lowest BCUT2D eigenvalue weighted by Gasteiger charge is -2.29. The number of carbonyl (C=O) groups excluding carboxylic acids is 2. The van der Waals surface area contributed by atoms with E-state index in [4.69, 9.17) is 0 Å². The molecule has 0 aliphatic heterocycles. The summed E-state index contributed by atoms with van der Waals surface area (Å²) in [5.41, 5.74) is 7.18. The first-order valence-electron chi connectivity index (χ1n) is 18.7. The third-order valence-electron chi connectivity index (χ3n) is 10.8. The predicted molar refractivity (Wildman–Crippen MR) is 214 cm³/mol. The Balaban J connectivity index is 1.04. The van der Waals surface area contributed by atoms with Crippen LogP contribution < -0.4 is 0 Å². The van der Waals surface area contributed by atoms with Crippen molar-refractivity contribution in [1.82, 2.24) is 0 Å². The number of hydrogen-bond donors (Lipinski definition) is 0. The minimum Gasteiger partial charge on any atom is -0.289 e. The van der Waals surface area contributed by atoms with Crippen LogP contribution >= 0.6 is 23.5 Å². The van der Waals surface area contributed by atoms with Crippen LogP contribution in [0.1, 0.15) is 128 Å². The Morgan fingerprint density at radius 3 is 1.57 bits per heavy atom. The minimum absolute atomic E-state index is 0.0668. The third-order valence-corrected chi connectivity index (χ3v) is 12.9. The Morgan fingerprint density at radius 1 is 0.588 bits per heavy atom. The first kappa shape index (κ1) is 35.5. The number of fused-ring (bicyclic) bond motifs is 2. The molecule has 0 atom stereocenters. The van der Waals surface area contributed by atoms with Crippen LogP contribution in [-0.4, -0.2) is 11.6 Å². The average Bonchev–Trinajstić information content (AvgIpc) is 3.14. The van der Waals surface area contributed by atoms with Gasteiger partial charge in [0, 0.05) is 41.8 Å².